The van der Waals surface area contributed by atoms with Crippen molar-refractivity contribution in [3.05, 3.63) is 0 Å². The molecule has 0 unspecified atom stereocenters. The van der Waals surface area contributed by atoms with E-state index < -0.39 is 0 Å². The monoisotopic (exact) mass is 130 g/mol. The van der Waals surface area contributed by atoms with Crippen molar-refractivity contribution < 1.29 is 0 Å². The second-order valence-corrected chi connectivity index (χ2v) is 3.30. The van der Waals surface area contributed by atoms with Gasteiger partial charge in [0.15, 0.2) is 0 Å². The number of rotatable bonds is 1. The quantitative estimate of drug-likeness (QED) is 0.524. The van der Waals surface area contributed by atoms with Crippen molar-refractivity contribution in [3.63, 3.8) is 0 Å². The molecule has 1 aliphatic heterocycles. The predicted molar refractivity (Wildman–Crippen MR) is 35.3 cm³/mol. The largest absolute Gasteiger partial charge is 0.249 e. The highest BCUT2D eigenvalue weighted by Gasteiger charge is 2.31. The summed E-state index contributed by atoms with van der Waals surface area (Å²) in [5.74, 6) is 0. The van der Waals surface area contributed by atoms with Gasteiger partial charge in [0.1, 0.15) is 0 Å². The summed E-state index contributed by atoms with van der Waals surface area (Å²) in [6.07, 6.45) is 2.85. The van der Waals surface area contributed by atoms with Gasteiger partial charge in [-0.05, 0) is 12.8 Å². The van der Waals surface area contributed by atoms with Crippen LogP contribution in [0.5, 0.6) is 0 Å². The first-order valence-corrected chi connectivity index (χ1v) is 3.90. The van der Waals surface area contributed by atoms with Gasteiger partial charge >= 0.3 is 0 Å². The normalized spacial score (nSPS) is 31.5. The summed E-state index contributed by atoms with van der Waals surface area (Å²) in [4.78, 5) is 0. The minimum absolute atomic E-state index is 0.926. The van der Waals surface area contributed by atoms with E-state index >= 15 is 0 Å². The maximum atomic E-state index is 3.24. The van der Waals surface area contributed by atoms with Gasteiger partial charge in [-0.2, -0.15) is 0 Å². The third-order valence-electron chi connectivity index (χ3n) is 1.57. The first kappa shape index (κ1) is 5.09. The van der Waals surface area contributed by atoms with Crippen molar-refractivity contribution >= 4 is 12.1 Å². The van der Waals surface area contributed by atoms with Crippen LogP contribution >= 0.6 is 12.1 Å². The molecule has 2 rings (SSSR count). The number of nitrogens with one attached hydrogen (secondary N) is 1. The van der Waals surface area contributed by atoms with Crippen LogP contribution in [0.2, 0.25) is 0 Å². The van der Waals surface area contributed by atoms with Crippen molar-refractivity contribution in [3.8, 4) is 0 Å². The molecule has 0 spiro atoms. The molecule has 1 heterocycles. The van der Waals surface area contributed by atoms with E-state index in [0.717, 1.165) is 6.04 Å². The van der Waals surface area contributed by atoms with Crippen molar-refractivity contribution in [2.24, 2.45) is 0 Å². The standard InChI is InChI=1S/C5H10N2S/c1-2-5(1)7-4-3-6-8-7/h5-6H,1-4H2. The Morgan fingerprint density at radius 1 is 1.50 bits per heavy atom. The van der Waals surface area contributed by atoms with Crippen LogP contribution in [0.25, 0.3) is 0 Å². The Morgan fingerprint density at radius 3 is 2.88 bits per heavy atom. The topological polar surface area (TPSA) is 15.3 Å². The van der Waals surface area contributed by atoms with Crippen LogP contribution in [0.3, 0.4) is 0 Å². The van der Waals surface area contributed by atoms with Crippen LogP contribution < -0.4 is 4.72 Å². The number of hydrogen-bond donors (Lipinski definition) is 1. The molecule has 46 valence electrons. The second-order valence-electron chi connectivity index (χ2n) is 2.36. The summed E-state index contributed by atoms with van der Waals surface area (Å²) in [5.41, 5.74) is 0. The maximum absolute atomic E-state index is 3.24. The Balaban J connectivity index is 1.86. The van der Waals surface area contributed by atoms with Gasteiger partial charge in [-0.1, -0.05) is 0 Å². The van der Waals surface area contributed by atoms with Gasteiger partial charge in [0, 0.05) is 31.3 Å². The molecule has 1 saturated carbocycles. The highest BCUT2D eigenvalue weighted by molar-refractivity contribution is 7.95. The molecule has 8 heavy (non-hydrogen) atoms. The summed E-state index contributed by atoms with van der Waals surface area (Å²) in [6, 6.07) is 0.926. The van der Waals surface area contributed by atoms with Gasteiger partial charge in [-0.15, -0.1) is 0 Å². The van der Waals surface area contributed by atoms with Gasteiger partial charge in [0.25, 0.3) is 0 Å². The van der Waals surface area contributed by atoms with E-state index in [1.54, 1.807) is 12.1 Å². The lowest BCUT2D eigenvalue weighted by Gasteiger charge is -2.07. The van der Waals surface area contributed by atoms with Crippen molar-refractivity contribution in [1.29, 1.82) is 0 Å². The van der Waals surface area contributed by atoms with Crippen LogP contribution in [0, 0.1) is 0 Å². The molecule has 1 saturated heterocycles. The van der Waals surface area contributed by atoms with E-state index in [9.17, 15) is 0 Å². The fourth-order valence-electron chi connectivity index (χ4n) is 0.950. The third-order valence-corrected chi connectivity index (χ3v) is 2.62. The summed E-state index contributed by atoms with van der Waals surface area (Å²) in [5, 5.41) is 0. The van der Waals surface area contributed by atoms with E-state index in [0.29, 0.717) is 0 Å². The minimum atomic E-state index is 0.926. The lowest BCUT2D eigenvalue weighted by Crippen LogP contribution is -2.14. The van der Waals surface area contributed by atoms with Gasteiger partial charge < -0.3 is 0 Å². The van der Waals surface area contributed by atoms with E-state index in [4.69, 9.17) is 0 Å². The number of hydrogen-bond acceptors (Lipinski definition) is 3. The van der Waals surface area contributed by atoms with E-state index in [1.807, 2.05) is 0 Å². The molecular weight excluding hydrogens is 120 g/mol. The SMILES string of the molecule is C1CN(C2CC2)SN1. The summed E-state index contributed by atoms with van der Waals surface area (Å²) in [7, 11) is 0. The zero-order valence-electron chi connectivity index (χ0n) is 4.76. The molecule has 0 atom stereocenters. The van der Waals surface area contributed by atoms with Crippen LogP contribution in [0.1, 0.15) is 12.8 Å². The van der Waals surface area contributed by atoms with Gasteiger partial charge in [-0.25, -0.2) is 9.03 Å². The predicted octanol–water partition coefficient (Wildman–Crippen LogP) is 0.617. The Hall–Kier alpha value is 0.270. The molecule has 0 radical (unpaired) electrons. The van der Waals surface area contributed by atoms with Crippen LogP contribution in [-0.4, -0.2) is 23.4 Å². The van der Waals surface area contributed by atoms with Crippen LogP contribution in [-0.2, 0) is 0 Å². The highest BCUT2D eigenvalue weighted by Crippen LogP contribution is 2.32. The second kappa shape index (κ2) is 1.90. The Bertz CT molecular complexity index is 86.4. The molecular formula is C5H10N2S. The van der Waals surface area contributed by atoms with Crippen LogP contribution in [0.15, 0.2) is 0 Å². The van der Waals surface area contributed by atoms with Crippen LogP contribution in [0.4, 0.5) is 0 Å². The third kappa shape index (κ3) is 0.855. The van der Waals surface area contributed by atoms with Crippen molar-refractivity contribution in [2.75, 3.05) is 13.1 Å². The van der Waals surface area contributed by atoms with Gasteiger partial charge in [0.2, 0.25) is 0 Å². The Labute approximate surface area is 53.9 Å². The number of nitrogens with zero attached hydrogens (tertiary/aromatic N) is 1. The van der Waals surface area contributed by atoms with E-state index in [-0.39, 0.29) is 0 Å². The molecule has 1 aliphatic carbocycles. The first-order chi connectivity index (χ1) is 3.97. The minimum Gasteiger partial charge on any atom is -0.249 e. The molecule has 2 fully saturated rings. The van der Waals surface area contributed by atoms with Gasteiger partial charge in [-0.3, -0.25) is 0 Å². The molecule has 2 nitrogen and oxygen atoms in total. The highest BCUT2D eigenvalue weighted by atomic mass is 32.2. The summed E-state index contributed by atoms with van der Waals surface area (Å²) >= 11 is 1.80. The molecule has 0 aromatic carbocycles. The smallest absolute Gasteiger partial charge is 0.0240 e. The molecule has 0 aromatic heterocycles. The molecule has 1 N–H and O–H groups in total. The lowest BCUT2D eigenvalue weighted by molar-refractivity contribution is 0.498. The fraction of sp³-hybridized carbons (Fsp3) is 1.00. The van der Waals surface area contributed by atoms with Crippen molar-refractivity contribution in [2.45, 2.75) is 18.9 Å². The summed E-state index contributed by atoms with van der Waals surface area (Å²) < 4.78 is 5.68. The average Bonchev–Trinajstić information content (AvgIpc) is 2.49. The maximum Gasteiger partial charge on any atom is 0.0240 e. The lowest BCUT2D eigenvalue weighted by atomic mass is 10.6. The molecule has 2 aliphatic rings. The zero-order chi connectivity index (χ0) is 5.40. The van der Waals surface area contributed by atoms with Gasteiger partial charge in [0.05, 0.1) is 0 Å². The fourth-order valence-corrected chi connectivity index (χ4v) is 1.84. The Kier molecular flexibility index (Phi) is 1.21. The molecule has 0 aromatic rings. The Morgan fingerprint density at radius 2 is 2.38 bits per heavy atom. The van der Waals surface area contributed by atoms with E-state index in [2.05, 4.69) is 9.03 Å². The zero-order valence-corrected chi connectivity index (χ0v) is 5.58. The molecule has 0 bridgehead atoms. The molecule has 0 amide bonds. The first-order valence-electron chi connectivity index (χ1n) is 3.13. The summed E-state index contributed by atoms with van der Waals surface area (Å²) in [6.45, 7) is 2.41. The van der Waals surface area contributed by atoms with Crippen molar-refractivity contribution in [1.82, 2.24) is 9.03 Å². The molecule has 3 heteroatoms. The van der Waals surface area contributed by atoms with E-state index in [1.165, 1.54) is 25.9 Å². The average molecular weight is 130 g/mol.